The quantitative estimate of drug-likeness (QED) is 0.786. The second-order valence-electron chi connectivity index (χ2n) is 7.64. The van der Waals surface area contributed by atoms with Crippen molar-refractivity contribution in [3.05, 3.63) is 28.8 Å². The number of methoxy groups -OCH3 is 1. The zero-order valence-electron chi connectivity index (χ0n) is 14.9. The van der Waals surface area contributed by atoms with E-state index in [1.807, 2.05) is 0 Å². The fraction of sp³-hybridized carbons (Fsp3) is 0.526. The van der Waals surface area contributed by atoms with Gasteiger partial charge in [0.1, 0.15) is 5.54 Å². The Bertz CT molecular complexity index is 875. The highest BCUT2D eigenvalue weighted by atomic mass is 35.5. The molecule has 0 aromatic heterocycles. The van der Waals surface area contributed by atoms with Crippen LogP contribution in [0.5, 0.6) is 0 Å². The summed E-state index contributed by atoms with van der Waals surface area (Å²) in [5.74, 6) is -1.90. The number of rotatable bonds is 3. The molecule has 4 atom stereocenters. The highest BCUT2D eigenvalue weighted by molar-refractivity contribution is 6.31. The zero-order chi connectivity index (χ0) is 18.9. The largest absolute Gasteiger partial charge is 0.383 e. The van der Waals surface area contributed by atoms with Gasteiger partial charge in [0.15, 0.2) is 0 Å². The number of hydrogen-bond donors (Lipinski definition) is 1. The minimum Gasteiger partial charge on any atom is -0.383 e. The Morgan fingerprint density at radius 1 is 1.30 bits per heavy atom. The Labute approximate surface area is 161 Å². The molecule has 3 saturated heterocycles. The van der Waals surface area contributed by atoms with E-state index in [0.29, 0.717) is 22.8 Å². The van der Waals surface area contributed by atoms with Crippen LogP contribution in [0.3, 0.4) is 0 Å². The lowest BCUT2D eigenvalue weighted by Crippen LogP contribution is -2.54. The molecule has 1 aromatic rings. The van der Waals surface area contributed by atoms with E-state index in [-0.39, 0.29) is 36.9 Å². The Kier molecular flexibility index (Phi) is 3.67. The molecule has 0 saturated carbocycles. The number of nitrogens with zero attached hydrogens (tertiary/aromatic N) is 2. The van der Waals surface area contributed by atoms with Crippen LogP contribution in [0, 0.1) is 11.8 Å². The molecule has 1 spiro atoms. The summed E-state index contributed by atoms with van der Waals surface area (Å²) in [5, 5.41) is 3.44. The Hall–Kier alpha value is -1.96. The van der Waals surface area contributed by atoms with Crippen LogP contribution in [-0.2, 0) is 24.7 Å². The number of imide groups is 1. The standard InChI is InChI=1S/C19H20ClN3O4/c1-27-8-7-22-16(24)14-13-3-2-6-23(13)19(15(14)17(22)25)11-9-10(20)4-5-12(11)21-18(19)26/h4-5,9,13-15H,2-3,6-8H2,1H3,(H,21,26)/t13-,14-,15+,19-/m1/s1. The smallest absolute Gasteiger partial charge is 0.250 e. The van der Waals surface area contributed by atoms with E-state index in [1.54, 1.807) is 18.2 Å². The maximum absolute atomic E-state index is 13.3. The molecule has 0 radical (unpaired) electrons. The SMILES string of the molecule is COCCN1C(=O)[C@@H]2[C@H]3CCCN3[C@@]3(C(=O)Nc4ccc(Cl)cc43)[C@@H]2C1=O. The van der Waals surface area contributed by atoms with Crippen LogP contribution in [-0.4, -0.2) is 60.4 Å². The van der Waals surface area contributed by atoms with Crippen molar-refractivity contribution >= 4 is 35.0 Å². The van der Waals surface area contributed by atoms with Crippen molar-refractivity contribution < 1.29 is 19.1 Å². The van der Waals surface area contributed by atoms with Crippen molar-refractivity contribution in [2.24, 2.45) is 11.8 Å². The Balaban J connectivity index is 1.69. The third-order valence-electron chi connectivity index (χ3n) is 6.56. The molecule has 4 aliphatic rings. The van der Waals surface area contributed by atoms with E-state index in [2.05, 4.69) is 10.2 Å². The number of anilines is 1. The van der Waals surface area contributed by atoms with Crippen LogP contribution < -0.4 is 5.32 Å². The van der Waals surface area contributed by atoms with E-state index < -0.39 is 17.4 Å². The van der Waals surface area contributed by atoms with Crippen molar-refractivity contribution in [2.45, 2.75) is 24.4 Å². The van der Waals surface area contributed by atoms with Gasteiger partial charge >= 0.3 is 0 Å². The Morgan fingerprint density at radius 3 is 2.89 bits per heavy atom. The molecule has 142 valence electrons. The third kappa shape index (κ3) is 1.97. The van der Waals surface area contributed by atoms with Crippen molar-refractivity contribution in [1.82, 2.24) is 9.80 Å². The van der Waals surface area contributed by atoms with Gasteiger partial charge in [0, 0.05) is 29.4 Å². The van der Waals surface area contributed by atoms with Crippen molar-refractivity contribution in [2.75, 3.05) is 32.1 Å². The molecule has 5 rings (SSSR count). The Morgan fingerprint density at radius 2 is 2.11 bits per heavy atom. The number of amides is 3. The number of hydrogen-bond acceptors (Lipinski definition) is 5. The molecule has 0 aliphatic carbocycles. The number of nitrogens with one attached hydrogen (secondary N) is 1. The predicted molar refractivity (Wildman–Crippen MR) is 97.1 cm³/mol. The lowest BCUT2D eigenvalue weighted by molar-refractivity contribution is -0.146. The fourth-order valence-electron chi connectivity index (χ4n) is 5.64. The van der Waals surface area contributed by atoms with E-state index in [1.165, 1.54) is 12.0 Å². The summed E-state index contributed by atoms with van der Waals surface area (Å²) in [6.45, 7) is 1.19. The van der Waals surface area contributed by atoms with E-state index in [9.17, 15) is 14.4 Å². The van der Waals surface area contributed by atoms with Crippen molar-refractivity contribution in [3.63, 3.8) is 0 Å². The van der Waals surface area contributed by atoms with Gasteiger partial charge in [-0.1, -0.05) is 11.6 Å². The normalized spacial score (nSPS) is 34.4. The molecular weight excluding hydrogens is 370 g/mol. The van der Waals surface area contributed by atoms with Crippen molar-refractivity contribution in [3.8, 4) is 0 Å². The number of carbonyl (C=O) groups is 3. The molecule has 3 amide bonds. The predicted octanol–water partition coefficient (Wildman–Crippen LogP) is 1.21. The first-order valence-electron chi connectivity index (χ1n) is 9.24. The van der Waals surface area contributed by atoms with E-state index >= 15 is 0 Å². The highest BCUT2D eigenvalue weighted by Crippen LogP contribution is 2.60. The fourth-order valence-corrected chi connectivity index (χ4v) is 5.81. The molecule has 3 fully saturated rings. The van der Waals surface area contributed by atoms with Crippen LogP contribution in [0.2, 0.25) is 5.02 Å². The third-order valence-corrected chi connectivity index (χ3v) is 6.80. The van der Waals surface area contributed by atoms with Gasteiger partial charge in [-0.25, -0.2) is 0 Å². The van der Waals surface area contributed by atoms with Crippen LogP contribution in [0.1, 0.15) is 18.4 Å². The highest BCUT2D eigenvalue weighted by Gasteiger charge is 2.74. The monoisotopic (exact) mass is 389 g/mol. The molecule has 0 unspecified atom stereocenters. The number of ether oxygens (including phenoxy) is 1. The summed E-state index contributed by atoms with van der Waals surface area (Å²) in [5.41, 5.74) is 0.237. The van der Waals surface area contributed by atoms with Crippen LogP contribution >= 0.6 is 11.6 Å². The molecule has 1 N–H and O–H groups in total. The summed E-state index contributed by atoms with van der Waals surface area (Å²) < 4.78 is 5.07. The number of fused-ring (bicyclic) bond motifs is 7. The van der Waals surface area contributed by atoms with Gasteiger partial charge < -0.3 is 10.1 Å². The second kappa shape index (κ2) is 5.77. The number of carbonyl (C=O) groups excluding carboxylic acids is 3. The van der Waals surface area contributed by atoms with Crippen LogP contribution in [0.4, 0.5) is 5.69 Å². The molecule has 4 heterocycles. The second-order valence-corrected chi connectivity index (χ2v) is 8.07. The molecule has 27 heavy (non-hydrogen) atoms. The van der Waals surface area contributed by atoms with Gasteiger partial charge in [0.05, 0.1) is 25.0 Å². The van der Waals surface area contributed by atoms with Gasteiger partial charge in [-0.3, -0.25) is 24.2 Å². The summed E-state index contributed by atoms with van der Waals surface area (Å²) in [6.07, 6.45) is 1.71. The van der Waals surface area contributed by atoms with Gasteiger partial charge in [-0.15, -0.1) is 0 Å². The van der Waals surface area contributed by atoms with Gasteiger partial charge in [0.25, 0.3) is 0 Å². The molecule has 0 bridgehead atoms. The number of halogens is 1. The van der Waals surface area contributed by atoms with Crippen molar-refractivity contribution in [1.29, 1.82) is 0 Å². The summed E-state index contributed by atoms with van der Waals surface area (Å²) in [6, 6.07) is 5.16. The molecule has 7 nitrogen and oxygen atoms in total. The maximum Gasteiger partial charge on any atom is 0.250 e. The van der Waals surface area contributed by atoms with Gasteiger partial charge in [-0.2, -0.15) is 0 Å². The minimum atomic E-state index is -1.15. The first-order valence-corrected chi connectivity index (χ1v) is 9.62. The number of likely N-dealkylation sites (tertiary alicyclic amines) is 1. The average molecular weight is 390 g/mol. The van der Waals surface area contributed by atoms with E-state index in [0.717, 1.165) is 12.8 Å². The maximum atomic E-state index is 13.3. The van der Waals surface area contributed by atoms with Gasteiger partial charge in [0.2, 0.25) is 17.7 Å². The number of benzene rings is 1. The summed E-state index contributed by atoms with van der Waals surface area (Å²) >= 11 is 6.24. The topological polar surface area (TPSA) is 79.0 Å². The molecular formula is C19H20ClN3O4. The van der Waals surface area contributed by atoms with Crippen LogP contribution in [0.25, 0.3) is 0 Å². The van der Waals surface area contributed by atoms with E-state index in [4.69, 9.17) is 16.3 Å². The zero-order valence-corrected chi connectivity index (χ0v) is 15.7. The minimum absolute atomic E-state index is 0.102. The lowest BCUT2D eigenvalue weighted by atomic mass is 9.75. The van der Waals surface area contributed by atoms with Gasteiger partial charge in [-0.05, 0) is 37.6 Å². The first kappa shape index (κ1) is 17.2. The molecule has 8 heteroatoms. The first-order chi connectivity index (χ1) is 13.0. The molecule has 4 aliphatic heterocycles. The summed E-state index contributed by atoms with van der Waals surface area (Å²) in [4.78, 5) is 43.2. The lowest BCUT2D eigenvalue weighted by Gasteiger charge is -2.36. The summed E-state index contributed by atoms with van der Waals surface area (Å²) in [7, 11) is 1.54. The average Bonchev–Trinajstić information content (AvgIpc) is 3.33. The molecule has 1 aromatic carbocycles. The van der Waals surface area contributed by atoms with Crippen LogP contribution in [0.15, 0.2) is 18.2 Å².